The van der Waals surface area contributed by atoms with Crippen LogP contribution in [-0.2, 0) is 0 Å². The van der Waals surface area contributed by atoms with Gasteiger partial charge in [0.2, 0.25) is 0 Å². The van der Waals surface area contributed by atoms with Gasteiger partial charge in [0.15, 0.2) is 0 Å². The molecule has 0 fully saturated rings. The second-order valence-corrected chi connectivity index (χ2v) is 4.89. The average Bonchev–Trinajstić information content (AvgIpc) is 2.38. The fourth-order valence-corrected chi connectivity index (χ4v) is 1.82. The molecule has 0 unspecified atom stereocenters. The van der Waals surface area contributed by atoms with Crippen LogP contribution in [0.2, 0.25) is 0 Å². The molecule has 1 aromatic carbocycles. The Balaban J connectivity index is 2.17. The summed E-state index contributed by atoms with van der Waals surface area (Å²) >= 11 is 0. The van der Waals surface area contributed by atoms with Crippen molar-refractivity contribution in [3.8, 4) is 0 Å². The van der Waals surface area contributed by atoms with Crippen molar-refractivity contribution in [3.63, 3.8) is 0 Å². The van der Waals surface area contributed by atoms with Gasteiger partial charge in [-0.2, -0.15) is 0 Å². The summed E-state index contributed by atoms with van der Waals surface area (Å²) in [5.41, 5.74) is 2.59. The van der Waals surface area contributed by atoms with E-state index in [1.165, 1.54) is 11.3 Å². The van der Waals surface area contributed by atoms with E-state index in [0.29, 0.717) is 12.5 Å². The smallest absolute Gasteiger partial charge is 0.0555 e. The number of benzene rings is 1. The second-order valence-electron chi connectivity index (χ2n) is 4.89. The lowest BCUT2D eigenvalue weighted by molar-refractivity contribution is 0.292. The summed E-state index contributed by atoms with van der Waals surface area (Å²) in [6.45, 7) is 7.33. The first kappa shape index (κ1) is 15.0. The molecule has 1 aromatic rings. The topological polar surface area (TPSA) is 44.3 Å². The van der Waals surface area contributed by atoms with Gasteiger partial charge in [0.1, 0.15) is 0 Å². The van der Waals surface area contributed by atoms with Crippen LogP contribution in [0, 0.1) is 0 Å². The van der Waals surface area contributed by atoms with E-state index in [2.05, 4.69) is 48.7 Å². The maximum absolute atomic E-state index is 8.61. The van der Waals surface area contributed by atoms with Crippen molar-refractivity contribution >= 4 is 5.69 Å². The van der Waals surface area contributed by atoms with E-state index >= 15 is 0 Å². The molecule has 0 aliphatic rings. The third-order valence-electron chi connectivity index (χ3n) is 2.95. The van der Waals surface area contributed by atoms with Crippen molar-refractivity contribution in [1.82, 2.24) is 5.32 Å². The summed E-state index contributed by atoms with van der Waals surface area (Å²) in [5.74, 6) is 0.578. The summed E-state index contributed by atoms with van der Waals surface area (Å²) in [4.78, 5) is 0. The lowest BCUT2D eigenvalue weighted by Crippen LogP contribution is -2.19. The number of aliphatic hydroxyl groups is 1. The van der Waals surface area contributed by atoms with Crippen molar-refractivity contribution < 1.29 is 5.11 Å². The van der Waals surface area contributed by atoms with E-state index in [-0.39, 0.29) is 6.61 Å². The maximum atomic E-state index is 8.61. The summed E-state index contributed by atoms with van der Waals surface area (Å²) in [6.07, 6.45) is 2.28. The molecule has 0 spiro atoms. The molecule has 0 aliphatic carbocycles. The Morgan fingerprint density at radius 1 is 1.11 bits per heavy atom. The van der Waals surface area contributed by atoms with Crippen molar-refractivity contribution in [2.75, 3.05) is 31.6 Å². The van der Waals surface area contributed by atoms with E-state index in [9.17, 15) is 0 Å². The Kier molecular flexibility index (Phi) is 7.46. The number of unbranched alkanes of at least 4 members (excludes halogenated alkanes) is 1. The molecule has 3 N–H and O–H groups in total. The monoisotopic (exact) mass is 250 g/mol. The minimum atomic E-state index is 0.222. The summed E-state index contributed by atoms with van der Waals surface area (Å²) in [5, 5.41) is 15.2. The van der Waals surface area contributed by atoms with Crippen LogP contribution in [-0.4, -0.2) is 31.3 Å². The Morgan fingerprint density at radius 2 is 1.89 bits per heavy atom. The van der Waals surface area contributed by atoms with E-state index in [0.717, 1.165) is 25.9 Å². The molecule has 18 heavy (non-hydrogen) atoms. The lowest BCUT2D eigenvalue weighted by atomic mass is 10.0. The zero-order valence-electron chi connectivity index (χ0n) is 11.6. The van der Waals surface area contributed by atoms with Crippen molar-refractivity contribution in [3.05, 3.63) is 29.8 Å². The highest BCUT2D eigenvalue weighted by Gasteiger charge is 1.99. The zero-order valence-corrected chi connectivity index (χ0v) is 11.6. The third-order valence-corrected chi connectivity index (χ3v) is 2.95. The second kappa shape index (κ2) is 8.95. The predicted octanol–water partition coefficient (Wildman–Crippen LogP) is 2.58. The van der Waals surface area contributed by atoms with Gasteiger partial charge in [0, 0.05) is 18.8 Å². The van der Waals surface area contributed by atoms with Crippen LogP contribution in [0.3, 0.4) is 0 Å². The molecule has 102 valence electrons. The van der Waals surface area contributed by atoms with Crippen molar-refractivity contribution in [2.24, 2.45) is 0 Å². The van der Waals surface area contributed by atoms with Gasteiger partial charge in [0.05, 0.1) is 6.61 Å². The molecule has 0 saturated carbocycles. The summed E-state index contributed by atoms with van der Waals surface area (Å²) < 4.78 is 0. The number of hydrogen-bond acceptors (Lipinski definition) is 3. The first-order chi connectivity index (χ1) is 8.74. The van der Waals surface area contributed by atoms with Gasteiger partial charge >= 0.3 is 0 Å². The van der Waals surface area contributed by atoms with E-state index in [1.54, 1.807) is 0 Å². The molecule has 3 nitrogen and oxygen atoms in total. The Labute approximate surface area is 111 Å². The molecule has 0 heterocycles. The largest absolute Gasteiger partial charge is 0.395 e. The van der Waals surface area contributed by atoms with Gasteiger partial charge in [0.25, 0.3) is 0 Å². The Hall–Kier alpha value is -1.06. The number of nitrogens with one attached hydrogen (secondary N) is 2. The van der Waals surface area contributed by atoms with Gasteiger partial charge in [-0.05, 0) is 43.0 Å². The normalized spacial score (nSPS) is 10.9. The first-order valence-corrected chi connectivity index (χ1v) is 6.89. The van der Waals surface area contributed by atoms with Gasteiger partial charge < -0.3 is 15.7 Å². The molecule has 0 saturated heterocycles. The first-order valence-electron chi connectivity index (χ1n) is 6.89. The van der Waals surface area contributed by atoms with Crippen LogP contribution in [0.5, 0.6) is 0 Å². The molecule has 0 bridgehead atoms. The predicted molar refractivity (Wildman–Crippen MR) is 78.2 cm³/mol. The van der Waals surface area contributed by atoms with Crippen LogP contribution >= 0.6 is 0 Å². The standard InChI is InChI=1S/C15H26N2O/c1-13(2)14-6-5-7-15(12-14)17-9-4-3-8-16-10-11-18/h5-7,12-13,16-18H,3-4,8-11H2,1-2H3. The Bertz CT molecular complexity index is 326. The summed E-state index contributed by atoms with van der Waals surface area (Å²) in [7, 11) is 0. The SMILES string of the molecule is CC(C)c1cccc(NCCCCNCCO)c1. The van der Waals surface area contributed by atoms with Gasteiger partial charge in [-0.3, -0.25) is 0 Å². The minimum absolute atomic E-state index is 0.222. The molecule has 0 aromatic heterocycles. The number of anilines is 1. The van der Waals surface area contributed by atoms with Crippen LogP contribution in [0.1, 0.15) is 38.2 Å². The number of hydrogen-bond donors (Lipinski definition) is 3. The van der Waals surface area contributed by atoms with Crippen LogP contribution in [0.15, 0.2) is 24.3 Å². The van der Waals surface area contributed by atoms with E-state index in [1.807, 2.05) is 0 Å². The molecule has 0 aliphatic heterocycles. The molecular weight excluding hydrogens is 224 g/mol. The molecule has 0 amide bonds. The van der Waals surface area contributed by atoms with Gasteiger partial charge in [-0.25, -0.2) is 0 Å². The molecular formula is C15H26N2O. The van der Waals surface area contributed by atoms with Crippen molar-refractivity contribution in [1.29, 1.82) is 0 Å². The summed E-state index contributed by atoms with van der Waals surface area (Å²) in [6, 6.07) is 8.64. The molecule has 0 radical (unpaired) electrons. The molecule has 1 rings (SSSR count). The highest BCUT2D eigenvalue weighted by molar-refractivity contribution is 5.46. The van der Waals surface area contributed by atoms with Crippen LogP contribution < -0.4 is 10.6 Å². The highest BCUT2D eigenvalue weighted by atomic mass is 16.3. The van der Waals surface area contributed by atoms with E-state index < -0.39 is 0 Å². The lowest BCUT2D eigenvalue weighted by Gasteiger charge is -2.10. The van der Waals surface area contributed by atoms with Gasteiger partial charge in [-0.15, -0.1) is 0 Å². The van der Waals surface area contributed by atoms with Crippen LogP contribution in [0.4, 0.5) is 5.69 Å². The zero-order chi connectivity index (χ0) is 13.2. The number of rotatable bonds is 9. The number of aliphatic hydroxyl groups excluding tert-OH is 1. The fraction of sp³-hybridized carbons (Fsp3) is 0.600. The molecule has 0 atom stereocenters. The average molecular weight is 250 g/mol. The fourth-order valence-electron chi connectivity index (χ4n) is 1.82. The maximum Gasteiger partial charge on any atom is 0.0555 e. The van der Waals surface area contributed by atoms with Crippen molar-refractivity contribution in [2.45, 2.75) is 32.6 Å². The van der Waals surface area contributed by atoms with Crippen LogP contribution in [0.25, 0.3) is 0 Å². The minimum Gasteiger partial charge on any atom is -0.395 e. The highest BCUT2D eigenvalue weighted by Crippen LogP contribution is 2.18. The Morgan fingerprint density at radius 3 is 2.61 bits per heavy atom. The third kappa shape index (κ3) is 6.03. The van der Waals surface area contributed by atoms with E-state index in [4.69, 9.17) is 5.11 Å². The quantitative estimate of drug-likeness (QED) is 0.590. The molecule has 3 heteroatoms. The van der Waals surface area contributed by atoms with Gasteiger partial charge in [-0.1, -0.05) is 26.0 Å².